The van der Waals surface area contributed by atoms with Crippen molar-refractivity contribution in [3.63, 3.8) is 0 Å². The molecular weight excluding hydrogens is 305 g/mol. The van der Waals surface area contributed by atoms with Crippen LogP contribution >= 0.6 is 27.5 Å². The van der Waals surface area contributed by atoms with E-state index in [9.17, 15) is 4.39 Å². The maximum absolute atomic E-state index is 13.0. The van der Waals surface area contributed by atoms with Crippen LogP contribution in [0.25, 0.3) is 0 Å². The Bertz CT molecular complexity index is 531. The van der Waals surface area contributed by atoms with Gasteiger partial charge in [0, 0.05) is 21.7 Å². The summed E-state index contributed by atoms with van der Waals surface area (Å²) in [4.78, 5) is 0. The molecule has 2 aromatic carbocycles. The summed E-state index contributed by atoms with van der Waals surface area (Å²) in [6.07, 6.45) is 0. The molecule has 0 radical (unpaired) electrons. The number of hydrogen-bond donors (Lipinski definition) is 1. The summed E-state index contributed by atoms with van der Waals surface area (Å²) in [6, 6.07) is 12.0. The molecule has 0 bridgehead atoms. The van der Waals surface area contributed by atoms with E-state index < -0.39 is 0 Å². The van der Waals surface area contributed by atoms with Crippen LogP contribution in [0.4, 0.5) is 10.1 Å². The van der Waals surface area contributed by atoms with E-state index in [1.54, 1.807) is 6.07 Å². The fraction of sp³-hybridized carbons (Fsp3) is 0.0769. The van der Waals surface area contributed by atoms with Crippen molar-refractivity contribution in [2.45, 2.75) is 6.54 Å². The fourth-order valence-electron chi connectivity index (χ4n) is 1.46. The van der Waals surface area contributed by atoms with Gasteiger partial charge in [-0.05, 0) is 35.9 Å². The lowest BCUT2D eigenvalue weighted by Gasteiger charge is -2.08. The van der Waals surface area contributed by atoms with Crippen LogP contribution in [-0.2, 0) is 6.54 Å². The largest absolute Gasteiger partial charge is 0.381 e. The molecule has 1 nitrogen and oxygen atoms in total. The van der Waals surface area contributed by atoms with Crippen LogP contribution in [0.5, 0.6) is 0 Å². The first kappa shape index (κ1) is 12.4. The quantitative estimate of drug-likeness (QED) is 0.853. The zero-order valence-corrected chi connectivity index (χ0v) is 11.2. The highest BCUT2D eigenvalue weighted by molar-refractivity contribution is 9.10. The van der Waals surface area contributed by atoms with Crippen molar-refractivity contribution in [2.24, 2.45) is 0 Å². The first-order chi connectivity index (χ1) is 8.15. The highest BCUT2D eigenvalue weighted by Gasteiger charge is 2.01. The number of nitrogens with one attached hydrogen (secondary N) is 1. The number of anilines is 1. The first-order valence-corrected chi connectivity index (χ1v) is 6.25. The normalized spacial score (nSPS) is 10.3. The van der Waals surface area contributed by atoms with E-state index in [-0.39, 0.29) is 5.82 Å². The van der Waals surface area contributed by atoms with E-state index in [0.29, 0.717) is 11.6 Å². The van der Waals surface area contributed by atoms with Crippen molar-refractivity contribution in [3.05, 3.63) is 63.3 Å². The topological polar surface area (TPSA) is 12.0 Å². The van der Waals surface area contributed by atoms with Gasteiger partial charge in [-0.15, -0.1) is 0 Å². The molecular formula is C13H10BrClFN. The summed E-state index contributed by atoms with van der Waals surface area (Å²) < 4.78 is 13.9. The predicted octanol–water partition coefficient (Wildman–Crippen LogP) is 4.85. The van der Waals surface area contributed by atoms with E-state index in [2.05, 4.69) is 21.2 Å². The third-order valence-corrected chi connectivity index (χ3v) is 3.30. The molecule has 0 saturated carbocycles. The number of halogens is 3. The summed E-state index contributed by atoms with van der Waals surface area (Å²) in [6.45, 7) is 0.612. The molecule has 0 heterocycles. The van der Waals surface area contributed by atoms with Gasteiger partial charge >= 0.3 is 0 Å². The molecule has 0 aromatic heterocycles. The lowest BCUT2D eigenvalue weighted by molar-refractivity contribution is 0.628. The second-order valence-electron chi connectivity index (χ2n) is 3.60. The van der Waals surface area contributed by atoms with Crippen LogP contribution in [0.3, 0.4) is 0 Å². The second-order valence-corrected chi connectivity index (χ2v) is 4.89. The van der Waals surface area contributed by atoms with Crippen LogP contribution in [0.15, 0.2) is 46.9 Å². The number of rotatable bonds is 3. The number of hydrogen-bond acceptors (Lipinski definition) is 1. The van der Waals surface area contributed by atoms with E-state index in [4.69, 9.17) is 11.6 Å². The molecule has 0 aliphatic carbocycles. The van der Waals surface area contributed by atoms with Crippen LogP contribution in [-0.4, -0.2) is 0 Å². The van der Waals surface area contributed by atoms with E-state index in [1.165, 1.54) is 12.1 Å². The van der Waals surface area contributed by atoms with E-state index in [1.807, 2.05) is 24.3 Å². The summed E-state index contributed by atoms with van der Waals surface area (Å²) in [5.74, 6) is -0.245. The van der Waals surface area contributed by atoms with Crippen LogP contribution < -0.4 is 5.32 Å². The van der Waals surface area contributed by atoms with Gasteiger partial charge in [0.2, 0.25) is 0 Å². The molecule has 0 unspecified atom stereocenters. The Morgan fingerprint density at radius 3 is 2.71 bits per heavy atom. The Hall–Kier alpha value is -1.06. The van der Waals surface area contributed by atoms with Gasteiger partial charge in [0.15, 0.2) is 0 Å². The molecule has 2 rings (SSSR count). The molecule has 0 aliphatic rings. The van der Waals surface area contributed by atoms with Gasteiger partial charge < -0.3 is 5.32 Å². The van der Waals surface area contributed by atoms with Crippen LogP contribution in [0.1, 0.15) is 5.56 Å². The Labute approximate surface area is 113 Å². The van der Waals surface area contributed by atoms with Crippen molar-refractivity contribution in [3.8, 4) is 0 Å². The Morgan fingerprint density at radius 1 is 1.18 bits per heavy atom. The first-order valence-electron chi connectivity index (χ1n) is 5.08. The highest BCUT2D eigenvalue weighted by Crippen LogP contribution is 2.22. The molecule has 4 heteroatoms. The van der Waals surface area contributed by atoms with Crippen molar-refractivity contribution < 1.29 is 4.39 Å². The molecule has 1 N–H and O–H groups in total. The molecule has 0 amide bonds. The molecule has 17 heavy (non-hydrogen) atoms. The molecule has 88 valence electrons. The van der Waals surface area contributed by atoms with E-state index in [0.717, 1.165) is 15.7 Å². The molecule has 2 aromatic rings. The Balaban J connectivity index is 2.07. The summed E-state index contributed by atoms with van der Waals surface area (Å²) >= 11 is 9.29. The maximum Gasteiger partial charge on any atom is 0.125 e. The minimum atomic E-state index is -0.245. The van der Waals surface area contributed by atoms with Crippen molar-refractivity contribution >= 4 is 33.2 Å². The third kappa shape index (κ3) is 3.45. The zero-order chi connectivity index (χ0) is 12.3. The van der Waals surface area contributed by atoms with Gasteiger partial charge in [-0.1, -0.05) is 39.7 Å². The minimum absolute atomic E-state index is 0.245. The lowest BCUT2D eigenvalue weighted by atomic mass is 10.2. The van der Waals surface area contributed by atoms with Gasteiger partial charge in [0.1, 0.15) is 5.82 Å². The fourth-order valence-corrected chi connectivity index (χ4v) is 2.28. The second kappa shape index (κ2) is 5.52. The average molecular weight is 315 g/mol. The molecule has 0 aliphatic heterocycles. The average Bonchev–Trinajstić information content (AvgIpc) is 2.28. The van der Waals surface area contributed by atoms with Crippen molar-refractivity contribution in [1.29, 1.82) is 0 Å². The molecule has 0 atom stereocenters. The summed E-state index contributed by atoms with van der Waals surface area (Å²) in [5.41, 5.74) is 1.82. The van der Waals surface area contributed by atoms with Gasteiger partial charge in [0.05, 0.1) is 0 Å². The molecule has 0 spiro atoms. The van der Waals surface area contributed by atoms with Gasteiger partial charge in [-0.2, -0.15) is 0 Å². The third-order valence-electron chi connectivity index (χ3n) is 2.32. The smallest absolute Gasteiger partial charge is 0.125 e. The molecule has 0 saturated heterocycles. The summed E-state index contributed by atoms with van der Waals surface area (Å²) in [5, 5.41) is 3.84. The lowest BCUT2D eigenvalue weighted by Crippen LogP contribution is -2.00. The van der Waals surface area contributed by atoms with Crippen molar-refractivity contribution in [2.75, 3.05) is 5.32 Å². The monoisotopic (exact) mass is 313 g/mol. The maximum atomic E-state index is 13.0. The van der Waals surface area contributed by atoms with Crippen LogP contribution in [0.2, 0.25) is 5.02 Å². The standard InChI is InChI=1S/C13H10BrClFN/c14-13-6-10(15)5-4-9(13)8-17-12-3-1-2-11(16)7-12/h1-7,17H,8H2. The summed E-state index contributed by atoms with van der Waals surface area (Å²) in [7, 11) is 0. The van der Waals surface area contributed by atoms with Gasteiger partial charge in [0.25, 0.3) is 0 Å². The van der Waals surface area contributed by atoms with Crippen molar-refractivity contribution in [1.82, 2.24) is 0 Å². The zero-order valence-electron chi connectivity index (χ0n) is 8.88. The SMILES string of the molecule is Fc1cccc(NCc2ccc(Cl)cc2Br)c1. The van der Waals surface area contributed by atoms with Gasteiger partial charge in [-0.25, -0.2) is 4.39 Å². The Kier molecular flexibility index (Phi) is 4.02. The van der Waals surface area contributed by atoms with Gasteiger partial charge in [-0.3, -0.25) is 0 Å². The Morgan fingerprint density at radius 2 is 2.00 bits per heavy atom. The van der Waals surface area contributed by atoms with E-state index >= 15 is 0 Å². The highest BCUT2D eigenvalue weighted by atomic mass is 79.9. The predicted molar refractivity (Wildman–Crippen MR) is 72.9 cm³/mol. The number of benzene rings is 2. The minimum Gasteiger partial charge on any atom is -0.381 e. The molecule has 0 fully saturated rings. The van der Waals surface area contributed by atoms with Crippen LogP contribution in [0, 0.1) is 5.82 Å².